The zero-order chi connectivity index (χ0) is 22.8. The lowest BCUT2D eigenvalue weighted by atomic mass is 10.2. The van der Waals surface area contributed by atoms with Crippen LogP contribution in [0.15, 0.2) is 59.8 Å². The van der Waals surface area contributed by atoms with Crippen LogP contribution in [0.4, 0.5) is 5.69 Å². The van der Waals surface area contributed by atoms with Gasteiger partial charge in [0.15, 0.2) is 11.0 Å². The molecule has 1 heterocycles. The summed E-state index contributed by atoms with van der Waals surface area (Å²) in [7, 11) is 1.66. The molecule has 0 bridgehead atoms. The van der Waals surface area contributed by atoms with Crippen molar-refractivity contribution >= 4 is 35.0 Å². The minimum Gasteiger partial charge on any atom is -0.385 e. The number of benzene rings is 2. The summed E-state index contributed by atoms with van der Waals surface area (Å²) in [6.07, 6.45) is 1.03. The highest BCUT2D eigenvalue weighted by Gasteiger charge is 2.20. The zero-order valence-corrected chi connectivity index (χ0v) is 19.3. The largest absolute Gasteiger partial charge is 0.385 e. The molecular formula is C23H24ClN5O2S. The van der Waals surface area contributed by atoms with Crippen LogP contribution in [0.25, 0.3) is 11.4 Å². The fourth-order valence-electron chi connectivity index (χ4n) is 3.18. The number of aromatic nitrogens is 3. The Morgan fingerprint density at radius 2 is 1.94 bits per heavy atom. The molecule has 0 saturated carbocycles. The second kappa shape index (κ2) is 12.2. The number of carbonyl (C=O) groups is 1. The lowest BCUT2D eigenvalue weighted by Gasteiger charge is -2.21. The van der Waals surface area contributed by atoms with E-state index >= 15 is 0 Å². The van der Waals surface area contributed by atoms with Crippen LogP contribution in [0.2, 0.25) is 5.02 Å². The van der Waals surface area contributed by atoms with Crippen molar-refractivity contribution in [3.63, 3.8) is 0 Å². The van der Waals surface area contributed by atoms with E-state index in [4.69, 9.17) is 21.6 Å². The first-order chi connectivity index (χ1) is 15.7. The number of carbonyl (C=O) groups excluding carboxylic acids is 1. The van der Waals surface area contributed by atoms with Crippen molar-refractivity contribution < 1.29 is 9.53 Å². The van der Waals surface area contributed by atoms with Crippen LogP contribution in [0.1, 0.15) is 12.8 Å². The third kappa shape index (κ3) is 6.10. The average molecular weight is 470 g/mol. The molecule has 1 amide bonds. The molecule has 0 unspecified atom stereocenters. The number of anilines is 1. The van der Waals surface area contributed by atoms with Crippen LogP contribution in [0.3, 0.4) is 0 Å². The Balaban J connectivity index is 1.80. The van der Waals surface area contributed by atoms with Gasteiger partial charge in [0.25, 0.3) is 0 Å². The lowest BCUT2D eigenvalue weighted by molar-refractivity contribution is -0.116. The van der Waals surface area contributed by atoms with Crippen molar-refractivity contribution in [2.75, 3.05) is 30.9 Å². The number of thioether (sulfide) groups is 1. The van der Waals surface area contributed by atoms with Gasteiger partial charge in [-0.05, 0) is 30.7 Å². The van der Waals surface area contributed by atoms with Gasteiger partial charge in [-0.15, -0.1) is 10.2 Å². The third-order valence-corrected chi connectivity index (χ3v) is 5.98. The van der Waals surface area contributed by atoms with Crippen LogP contribution in [-0.4, -0.2) is 46.7 Å². The molecule has 1 aromatic heterocycles. The molecule has 0 N–H and O–H groups in total. The summed E-state index contributed by atoms with van der Waals surface area (Å²) < 4.78 is 7.16. The van der Waals surface area contributed by atoms with Gasteiger partial charge in [-0.3, -0.25) is 4.79 Å². The molecule has 0 saturated heterocycles. The molecule has 0 aliphatic rings. The van der Waals surface area contributed by atoms with Crippen LogP contribution in [-0.2, 0) is 16.1 Å². The van der Waals surface area contributed by atoms with Gasteiger partial charge in [0.2, 0.25) is 5.91 Å². The van der Waals surface area contributed by atoms with Gasteiger partial charge in [0, 0.05) is 38.1 Å². The van der Waals surface area contributed by atoms with Crippen LogP contribution in [0.5, 0.6) is 0 Å². The van der Waals surface area contributed by atoms with Crippen molar-refractivity contribution in [2.45, 2.75) is 24.5 Å². The number of amides is 1. The van der Waals surface area contributed by atoms with E-state index in [1.807, 2.05) is 59.2 Å². The lowest BCUT2D eigenvalue weighted by Crippen LogP contribution is -2.33. The van der Waals surface area contributed by atoms with Crippen molar-refractivity contribution in [1.82, 2.24) is 14.8 Å². The molecule has 32 heavy (non-hydrogen) atoms. The molecule has 7 nitrogen and oxygen atoms in total. The van der Waals surface area contributed by atoms with Crippen molar-refractivity contribution in [2.24, 2.45) is 0 Å². The molecule has 0 atom stereocenters. The smallest absolute Gasteiger partial charge is 0.237 e. The predicted molar refractivity (Wildman–Crippen MR) is 127 cm³/mol. The molecule has 9 heteroatoms. The maximum absolute atomic E-state index is 13.0. The average Bonchev–Trinajstić information content (AvgIpc) is 3.21. The predicted octanol–water partition coefficient (Wildman–Crippen LogP) is 4.67. The first kappa shape index (κ1) is 23.8. The summed E-state index contributed by atoms with van der Waals surface area (Å²) in [5.41, 5.74) is 1.56. The van der Waals surface area contributed by atoms with E-state index in [1.165, 1.54) is 11.8 Å². The topological polar surface area (TPSA) is 84.0 Å². The van der Waals surface area contributed by atoms with Crippen molar-refractivity contribution in [1.29, 1.82) is 5.26 Å². The summed E-state index contributed by atoms with van der Waals surface area (Å²) in [6.45, 7) is 1.57. The normalized spacial score (nSPS) is 10.7. The zero-order valence-electron chi connectivity index (χ0n) is 17.8. The standard InChI is InChI=1S/C23H24ClN5O2S/c1-31-16-8-15-29-22(19-11-5-6-12-20(19)24)26-27-23(29)32-17-21(30)28(14-7-13-25)18-9-3-2-4-10-18/h2-6,9-12H,7-8,14-17H2,1H3. The highest BCUT2D eigenvalue weighted by molar-refractivity contribution is 7.99. The van der Waals surface area contributed by atoms with Gasteiger partial charge in [0.05, 0.1) is 23.3 Å². The van der Waals surface area contributed by atoms with Gasteiger partial charge in [-0.1, -0.05) is 53.7 Å². The molecule has 0 aliphatic carbocycles. The number of nitriles is 1. The number of hydrogen-bond acceptors (Lipinski definition) is 6. The Morgan fingerprint density at radius 1 is 1.19 bits per heavy atom. The number of nitrogens with zero attached hydrogens (tertiary/aromatic N) is 5. The SMILES string of the molecule is COCCCn1c(SCC(=O)N(CCC#N)c2ccccc2)nnc1-c1ccccc1Cl. The molecule has 3 rings (SSSR count). The maximum atomic E-state index is 13.0. The summed E-state index contributed by atoms with van der Waals surface area (Å²) in [4.78, 5) is 14.7. The summed E-state index contributed by atoms with van der Waals surface area (Å²) >= 11 is 7.71. The first-order valence-corrected chi connectivity index (χ1v) is 11.5. The van der Waals surface area contributed by atoms with Gasteiger partial charge < -0.3 is 14.2 Å². The van der Waals surface area contributed by atoms with Gasteiger partial charge in [0.1, 0.15) is 0 Å². The Bertz CT molecular complexity index is 1070. The molecule has 0 spiro atoms. The molecule has 0 aliphatic heterocycles. The second-order valence-corrected chi connectivity index (χ2v) is 8.21. The number of methoxy groups -OCH3 is 1. The summed E-state index contributed by atoms with van der Waals surface area (Å²) in [6, 6.07) is 19.0. The van der Waals surface area contributed by atoms with E-state index in [1.54, 1.807) is 12.0 Å². The number of rotatable bonds is 11. The Morgan fingerprint density at radius 3 is 2.66 bits per heavy atom. The van der Waals surface area contributed by atoms with E-state index in [-0.39, 0.29) is 18.1 Å². The fourth-order valence-corrected chi connectivity index (χ4v) is 4.24. The third-order valence-electron chi connectivity index (χ3n) is 4.70. The monoisotopic (exact) mass is 469 g/mol. The van der Waals surface area contributed by atoms with Crippen LogP contribution in [0, 0.1) is 11.3 Å². The van der Waals surface area contributed by atoms with Crippen LogP contribution < -0.4 is 4.90 Å². The molecule has 166 valence electrons. The van der Waals surface area contributed by atoms with E-state index in [0.29, 0.717) is 35.7 Å². The fraction of sp³-hybridized carbons (Fsp3) is 0.304. The number of ether oxygens (including phenoxy) is 1. The van der Waals surface area contributed by atoms with Crippen LogP contribution >= 0.6 is 23.4 Å². The number of hydrogen-bond donors (Lipinski definition) is 0. The van der Waals surface area contributed by atoms with Crippen molar-refractivity contribution in [3.8, 4) is 17.5 Å². The summed E-state index contributed by atoms with van der Waals surface area (Å²) in [5.74, 6) is 0.735. The summed E-state index contributed by atoms with van der Waals surface area (Å²) in [5, 5.41) is 18.9. The molecule has 0 radical (unpaired) electrons. The van der Waals surface area contributed by atoms with E-state index in [0.717, 1.165) is 17.7 Å². The van der Waals surface area contributed by atoms with Crippen molar-refractivity contribution in [3.05, 3.63) is 59.6 Å². The minimum absolute atomic E-state index is 0.0952. The molecule has 0 fully saturated rings. The highest BCUT2D eigenvalue weighted by Crippen LogP contribution is 2.30. The van der Waals surface area contributed by atoms with Gasteiger partial charge >= 0.3 is 0 Å². The highest BCUT2D eigenvalue weighted by atomic mass is 35.5. The molecular weight excluding hydrogens is 446 g/mol. The van der Waals surface area contributed by atoms with E-state index in [9.17, 15) is 4.79 Å². The second-order valence-electron chi connectivity index (χ2n) is 6.86. The Labute approximate surface area is 197 Å². The Hall–Kier alpha value is -2.86. The van der Waals surface area contributed by atoms with Gasteiger partial charge in [-0.25, -0.2) is 0 Å². The Kier molecular flexibility index (Phi) is 9.11. The van der Waals surface area contributed by atoms with E-state index < -0.39 is 0 Å². The number of halogens is 1. The molecule has 3 aromatic rings. The molecule has 2 aromatic carbocycles. The minimum atomic E-state index is -0.0952. The quantitative estimate of drug-likeness (QED) is 0.299. The first-order valence-electron chi connectivity index (χ1n) is 10.2. The van der Waals surface area contributed by atoms with Gasteiger partial charge in [-0.2, -0.15) is 5.26 Å². The maximum Gasteiger partial charge on any atom is 0.237 e. The number of para-hydroxylation sites is 1. The van der Waals surface area contributed by atoms with E-state index in [2.05, 4.69) is 16.3 Å².